The minimum absolute atomic E-state index is 1.05. The van der Waals surface area contributed by atoms with Gasteiger partial charge in [0.1, 0.15) is 6.33 Å². The third-order valence-corrected chi connectivity index (χ3v) is 20.1. The number of anilines is 1. The maximum absolute atomic E-state index is 4.51. The molecule has 1 saturated heterocycles. The Morgan fingerprint density at radius 3 is 2.28 bits per heavy atom. The first-order chi connectivity index (χ1) is 8.65. The largest absolute Gasteiger partial charge is 0.376 e. The van der Waals surface area contributed by atoms with Crippen molar-refractivity contribution in [3.05, 3.63) is 6.33 Å². The average Bonchev–Trinajstić information content (AvgIpc) is 3.05. The van der Waals surface area contributed by atoms with Gasteiger partial charge in [-0.3, -0.25) is 0 Å². The van der Waals surface area contributed by atoms with E-state index in [1.165, 1.54) is 35.5 Å². The van der Waals surface area contributed by atoms with Crippen LogP contribution in [0.5, 0.6) is 0 Å². The van der Waals surface area contributed by atoms with Crippen molar-refractivity contribution < 1.29 is 0 Å². The first kappa shape index (κ1) is 14.2. The molecule has 0 amide bonds. The van der Waals surface area contributed by atoms with Crippen LogP contribution >= 0.6 is 11.5 Å². The predicted octanol–water partition coefficient (Wildman–Crippen LogP) is 3.91. The van der Waals surface area contributed by atoms with Crippen LogP contribution in [0.15, 0.2) is 6.33 Å². The number of nitrogens with zero attached hydrogens (tertiary/aromatic N) is 3. The lowest BCUT2D eigenvalue weighted by molar-refractivity contribution is 1.09. The van der Waals surface area contributed by atoms with Crippen LogP contribution in [0.4, 0.5) is 5.13 Å². The summed E-state index contributed by atoms with van der Waals surface area (Å²) >= 11 is 1.60. The maximum atomic E-state index is 4.51. The van der Waals surface area contributed by atoms with Crippen LogP contribution in [0.25, 0.3) is 0 Å². The Balaban J connectivity index is 2.37. The zero-order valence-electron chi connectivity index (χ0n) is 12.1. The Kier molecular flexibility index (Phi) is 4.28. The molecule has 1 aromatic rings. The number of rotatable bonds is 5. The number of aromatic nitrogens is 2. The molecule has 1 aliphatic rings. The minimum Gasteiger partial charge on any atom is -0.376 e. The van der Waals surface area contributed by atoms with E-state index < -0.39 is 16.3 Å². The van der Waals surface area contributed by atoms with E-state index in [0.717, 1.165) is 0 Å². The topological polar surface area (TPSA) is 29.0 Å². The van der Waals surface area contributed by atoms with Gasteiger partial charge >= 0.3 is 0 Å². The molecule has 102 valence electrons. The fourth-order valence-electron chi connectivity index (χ4n) is 3.51. The second-order valence-corrected chi connectivity index (χ2v) is 16.9. The summed E-state index contributed by atoms with van der Waals surface area (Å²) in [5.41, 5.74) is 1.58. The van der Waals surface area contributed by atoms with Gasteiger partial charge in [0.15, 0.2) is 13.4 Å². The summed E-state index contributed by atoms with van der Waals surface area (Å²) in [6.45, 7) is 9.65. The van der Waals surface area contributed by atoms with Crippen molar-refractivity contribution >= 4 is 33.0 Å². The van der Waals surface area contributed by atoms with Crippen molar-refractivity contribution in [1.82, 2.24) is 9.36 Å². The van der Waals surface area contributed by atoms with Crippen molar-refractivity contribution in [2.45, 2.75) is 57.5 Å². The van der Waals surface area contributed by atoms with E-state index in [1.807, 2.05) is 0 Å². The van der Waals surface area contributed by atoms with Gasteiger partial charge in [-0.25, -0.2) is 4.98 Å². The number of hydrogen-bond donors (Lipinski definition) is 0. The van der Waals surface area contributed by atoms with Crippen LogP contribution < -0.4 is 4.57 Å². The molecular formula is C12H25N3SSi2. The Hall–Kier alpha value is -0.206. The zero-order chi connectivity index (χ0) is 13.2. The second-order valence-electron chi connectivity index (χ2n) is 5.63. The summed E-state index contributed by atoms with van der Waals surface area (Å²) in [5.74, 6) is 0. The van der Waals surface area contributed by atoms with E-state index in [-0.39, 0.29) is 0 Å². The van der Waals surface area contributed by atoms with E-state index in [0.29, 0.717) is 0 Å². The van der Waals surface area contributed by atoms with Gasteiger partial charge in [-0.05, 0) is 17.8 Å². The fourth-order valence-corrected chi connectivity index (χ4v) is 21.4. The normalized spacial score (nSPS) is 21.4. The number of hydrogen-bond acceptors (Lipinski definition) is 4. The molecule has 1 aliphatic heterocycles. The lowest BCUT2D eigenvalue weighted by Crippen LogP contribution is -2.47. The van der Waals surface area contributed by atoms with Gasteiger partial charge in [0.2, 0.25) is 0 Å². The van der Waals surface area contributed by atoms with E-state index in [9.17, 15) is 0 Å². The molecule has 0 aliphatic carbocycles. The molecular weight excluding hydrogens is 274 g/mol. The first-order valence-electron chi connectivity index (χ1n) is 7.19. The highest BCUT2D eigenvalue weighted by Gasteiger charge is 2.53. The lowest BCUT2D eigenvalue weighted by Gasteiger charge is -2.34. The van der Waals surface area contributed by atoms with Crippen LogP contribution in [-0.2, 0) is 0 Å². The van der Waals surface area contributed by atoms with Crippen LogP contribution in [-0.4, -0.2) is 31.8 Å². The third kappa shape index (κ3) is 2.18. The van der Waals surface area contributed by atoms with E-state index in [4.69, 9.17) is 0 Å². The standard InChI is InChI=1S/C12H25N3SSi2/c1-5-17(6-2)10-15(12-13-9-14-16-12)18(7-3,8-4)11-17/h9H,5-8,10-11H2,1-4H3. The smallest absolute Gasteiger partial charge is 0.196 e. The van der Waals surface area contributed by atoms with Crippen LogP contribution in [0.1, 0.15) is 27.7 Å². The lowest BCUT2D eigenvalue weighted by atomic mass is 10.9. The molecule has 0 bridgehead atoms. The summed E-state index contributed by atoms with van der Waals surface area (Å²) in [5, 5.41) is 1.21. The van der Waals surface area contributed by atoms with Crippen molar-refractivity contribution in [3.8, 4) is 0 Å². The summed E-state index contributed by atoms with van der Waals surface area (Å²) in [6, 6.07) is 5.62. The van der Waals surface area contributed by atoms with Crippen molar-refractivity contribution in [2.75, 3.05) is 10.7 Å². The van der Waals surface area contributed by atoms with Gasteiger partial charge < -0.3 is 4.57 Å². The highest BCUT2D eigenvalue weighted by Crippen LogP contribution is 2.43. The molecule has 3 nitrogen and oxygen atoms in total. The van der Waals surface area contributed by atoms with Crippen LogP contribution in [0.3, 0.4) is 0 Å². The predicted molar refractivity (Wildman–Crippen MR) is 85.5 cm³/mol. The molecule has 0 aromatic carbocycles. The molecule has 2 rings (SSSR count). The summed E-state index contributed by atoms with van der Waals surface area (Å²) in [7, 11) is -2.34. The van der Waals surface area contributed by atoms with Crippen molar-refractivity contribution in [3.63, 3.8) is 0 Å². The van der Waals surface area contributed by atoms with Gasteiger partial charge in [-0.2, -0.15) is 4.37 Å². The van der Waals surface area contributed by atoms with Gasteiger partial charge in [0.05, 0.1) is 8.07 Å². The monoisotopic (exact) mass is 299 g/mol. The van der Waals surface area contributed by atoms with Gasteiger partial charge in [-0.15, -0.1) is 0 Å². The highest BCUT2D eigenvalue weighted by molar-refractivity contribution is 7.13. The summed E-state index contributed by atoms with van der Waals surface area (Å²) < 4.78 is 6.98. The Labute approximate surface area is 117 Å². The maximum Gasteiger partial charge on any atom is 0.196 e. The molecule has 0 unspecified atom stereocenters. The van der Waals surface area contributed by atoms with E-state index in [2.05, 4.69) is 41.6 Å². The molecule has 0 atom stereocenters. The summed E-state index contributed by atoms with van der Waals surface area (Å²) in [4.78, 5) is 4.51. The van der Waals surface area contributed by atoms with Crippen molar-refractivity contribution in [2.24, 2.45) is 0 Å². The van der Waals surface area contributed by atoms with Gasteiger partial charge in [0.25, 0.3) is 0 Å². The molecule has 1 fully saturated rings. The average molecular weight is 300 g/mol. The fraction of sp³-hybridized carbons (Fsp3) is 0.833. The summed E-state index contributed by atoms with van der Waals surface area (Å²) in [6.07, 6.45) is 3.08. The Morgan fingerprint density at radius 1 is 1.17 bits per heavy atom. The molecule has 0 radical (unpaired) electrons. The molecule has 0 saturated carbocycles. The molecule has 1 aromatic heterocycles. The Bertz CT molecular complexity index is 375. The molecule has 6 heteroatoms. The molecule has 2 heterocycles. The van der Waals surface area contributed by atoms with Crippen LogP contribution in [0, 0.1) is 0 Å². The van der Waals surface area contributed by atoms with Crippen LogP contribution in [0.2, 0.25) is 29.8 Å². The molecule has 0 N–H and O–H groups in total. The first-order valence-corrected chi connectivity index (χ1v) is 13.4. The zero-order valence-corrected chi connectivity index (χ0v) is 14.9. The third-order valence-electron chi connectivity index (χ3n) is 5.17. The van der Waals surface area contributed by atoms with E-state index in [1.54, 1.807) is 23.5 Å². The molecule has 18 heavy (non-hydrogen) atoms. The van der Waals surface area contributed by atoms with Gasteiger partial charge in [0, 0.05) is 17.7 Å². The SMILES string of the molecule is CC[Si]1(CC)CN(c2ncns2)[Si](CC)(CC)C1. The Morgan fingerprint density at radius 2 is 1.83 bits per heavy atom. The molecule has 0 spiro atoms. The minimum atomic E-state index is -1.29. The highest BCUT2D eigenvalue weighted by atomic mass is 32.1. The quantitative estimate of drug-likeness (QED) is 0.772. The van der Waals surface area contributed by atoms with E-state index >= 15 is 0 Å². The second kappa shape index (κ2) is 5.42. The van der Waals surface area contributed by atoms with Crippen molar-refractivity contribution in [1.29, 1.82) is 0 Å². The van der Waals surface area contributed by atoms with Gasteiger partial charge in [-0.1, -0.05) is 39.8 Å².